The first-order valence-electron chi connectivity index (χ1n) is 9.54. The number of nitrogens with zero attached hydrogens (tertiary/aromatic N) is 5. The number of hydrogen-bond donors (Lipinski definition) is 2. The fourth-order valence-electron chi connectivity index (χ4n) is 3.03. The molecule has 0 spiro atoms. The van der Waals surface area contributed by atoms with Gasteiger partial charge >= 0.3 is 5.69 Å². The molecule has 0 aliphatic heterocycles. The number of likely N-dealkylation sites (N-methyl/N-ethyl adjacent to an activating group) is 1. The highest BCUT2D eigenvalue weighted by atomic mass is 16.6. The zero-order valence-electron chi connectivity index (χ0n) is 17.4. The summed E-state index contributed by atoms with van der Waals surface area (Å²) in [4.78, 5) is 38.2. The van der Waals surface area contributed by atoms with Crippen LogP contribution in [0.1, 0.15) is 0 Å². The van der Waals surface area contributed by atoms with Crippen molar-refractivity contribution in [2.24, 2.45) is 14.1 Å². The lowest BCUT2D eigenvalue weighted by Gasteiger charge is -2.27. The summed E-state index contributed by atoms with van der Waals surface area (Å²) in [5.74, 6) is 0.524. The third-order valence-corrected chi connectivity index (χ3v) is 4.89. The van der Waals surface area contributed by atoms with Crippen LogP contribution in [0.5, 0.6) is 0 Å². The molecule has 2 N–H and O–H groups in total. The molecular weight excluding hydrogens is 392 g/mol. The van der Waals surface area contributed by atoms with Gasteiger partial charge in [0.1, 0.15) is 5.82 Å². The normalized spacial score (nSPS) is 11.0. The summed E-state index contributed by atoms with van der Waals surface area (Å²) in [6.45, 7) is 2.88. The van der Waals surface area contributed by atoms with E-state index in [4.69, 9.17) is 0 Å². The van der Waals surface area contributed by atoms with Gasteiger partial charge in [-0.25, -0.2) is 4.79 Å². The van der Waals surface area contributed by atoms with Gasteiger partial charge < -0.3 is 15.3 Å². The van der Waals surface area contributed by atoms with Gasteiger partial charge in [-0.2, -0.15) is 0 Å². The van der Waals surface area contributed by atoms with Crippen LogP contribution in [0.25, 0.3) is 0 Å². The SMILES string of the molecule is CN(CCN(CCO)CCNc1ccc([N+](=O)[O-])cc1)c1cc(=O)n(C)c(=O)n1C. The van der Waals surface area contributed by atoms with Gasteiger partial charge in [0.25, 0.3) is 11.2 Å². The Kier molecular flexibility index (Phi) is 8.13. The lowest BCUT2D eigenvalue weighted by molar-refractivity contribution is -0.384. The van der Waals surface area contributed by atoms with Crippen LogP contribution in [0.3, 0.4) is 0 Å². The first-order chi connectivity index (χ1) is 14.2. The summed E-state index contributed by atoms with van der Waals surface area (Å²) in [6.07, 6.45) is 0. The van der Waals surface area contributed by atoms with Gasteiger partial charge in [-0.05, 0) is 12.1 Å². The average Bonchev–Trinajstić information content (AvgIpc) is 2.73. The predicted octanol–water partition coefficient (Wildman–Crippen LogP) is -0.165. The summed E-state index contributed by atoms with van der Waals surface area (Å²) in [6, 6.07) is 7.61. The maximum absolute atomic E-state index is 12.1. The van der Waals surface area contributed by atoms with Crippen LogP contribution >= 0.6 is 0 Å². The lowest BCUT2D eigenvalue weighted by Crippen LogP contribution is -2.42. The minimum atomic E-state index is -0.443. The first kappa shape index (κ1) is 23.1. The molecule has 0 aliphatic carbocycles. The molecule has 0 saturated heterocycles. The van der Waals surface area contributed by atoms with E-state index in [1.165, 1.54) is 29.8 Å². The van der Waals surface area contributed by atoms with Crippen LogP contribution in [0, 0.1) is 10.1 Å². The number of anilines is 2. The molecule has 1 aromatic heterocycles. The smallest absolute Gasteiger partial charge is 0.332 e. The number of nitrogens with one attached hydrogen (secondary N) is 1. The van der Waals surface area contributed by atoms with Crippen molar-refractivity contribution < 1.29 is 10.0 Å². The Morgan fingerprint density at radius 2 is 1.73 bits per heavy atom. The fraction of sp³-hybridized carbons (Fsp3) is 0.474. The molecule has 0 atom stereocenters. The molecule has 2 aromatic rings. The monoisotopic (exact) mass is 420 g/mol. The van der Waals surface area contributed by atoms with Gasteiger partial charge in [0.2, 0.25) is 0 Å². The number of nitro benzene ring substituents is 1. The van der Waals surface area contributed by atoms with Crippen molar-refractivity contribution in [3.05, 3.63) is 61.3 Å². The molecule has 11 heteroatoms. The molecule has 11 nitrogen and oxygen atoms in total. The number of aliphatic hydroxyl groups is 1. The lowest BCUT2D eigenvalue weighted by atomic mass is 10.3. The minimum Gasteiger partial charge on any atom is -0.395 e. The summed E-state index contributed by atoms with van der Waals surface area (Å²) < 4.78 is 2.48. The molecule has 0 radical (unpaired) electrons. The highest BCUT2D eigenvalue weighted by molar-refractivity contribution is 5.48. The van der Waals surface area contributed by atoms with E-state index < -0.39 is 4.92 Å². The molecule has 0 saturated carbocycles. The van der Waals surface area contributed by atoms with E-state index in [0.29, 0.717) is 38.5 Å². The second-order valence-corrected chi connectivity index (χ2v) is 6.96. The van der Waals surface area contributed by atoms with E-state index in [1.807, 2.05) is 9.80 Å². The highest BCUT2D eigenvalue weighted by Crippen LogP contribution is 2.15. The maximum atomic E-state index is 12.1. The van der Waals surface area contributed by atoms with Gasteiger partial charge in [-0.1, -0.05) is 0 Å². The van der Waals surface area contributed by atoms with E-state index in [2.05, 4.69) is 5.32 Å². The van der Waals surface area contributed by atoms with E-state index in [0.717, 1.165) is 10.3 Å². The highest BCUT2D eigenvalue weighted by Gasteiger charge is 2.12. The Bertz CT molecular complexity index is 969. The van der Waals surface area contributed by atoms with Crippen molar-refractivity contribution in [1.29, 1.82) is 0 Å². The quantitative estimate of drug-likeness (QED) is 0.379. The van der Waals surface area contributed by atoms with Gasteiger partial charge in [0.05, 0.1) is 11.5 Å². The number of rotatable bonds is 11. The second-order valence-electron chi connectivity index (χ2n) is 6.96. The Labute approximate surface area is 173 Å². The number of aliphatic hydroxyl groups excluding tert-OH is 1. The first-order valence-corrected chi connectivity index (χ1v) is 9.54. The van der Waals surface area contributed by atoms with E-state index in [9.17, 15) is 24.8 Å². The number of hydrogen-bond acceptors (Lipinski definition) is 8. The zero-order chi connectivity index (χ0) is 22.3. The molecule has 1 heterocycles. The average molecular weight is 420 g/mol. The topological polar surface area (TPSA) is 126 Å². The van der Waals surface area contributed by atoms with Crippen LogP contribution in [0.2, 0.25) is 0 Å². The minimum absolute atomic E-state index is 0.00557. The largest absolute Gasteiger partial charge is 0.395 e. The fourth-order valence-corrected chi connectivity index (χ4v) is 3.03. The van der Waals surface area contributed by atoms with Crippen molar-refractivity contribution in [2.75, 3.05) is 56.6 Å². The van der Waals surface area contributed by atoms with Gasteiger partial charge in [-0.15, -0.1) is 0 Å². The number of non-ortho nitro benzene ring substituents is 1. The summed E-state index contributed by atoms with van der Waals surface area (Å²) >= 11 is 0. The molecule has 0 unspecified atom stereocenters. The van der Waals surface area contributed by atoms with Gasteiger partial charge in [-0.3, -0.25) is 28.9 Å². The van der Waals surface area contributed by atoms with Crippen LogP contribution in [0.4, 0.5) is 17.2 Å². The van der Waals surface area contributed by atoms with Crippen molar-refractivity contribution in [2.45, 2.75) is 0 Å². The molecule has 30 heavy (non-hydrogen) atoms. The molecule has 0 amide bonds. The Hall–Kier alpha value is -3.18. The number of aromatic nitrogens is 2. The van der Waals surface area contributed by atoms with Crippen LogP contribution < -0.4 is 21.5 Å². The molecule has 0 fully saturated rings. The zero-order valence-corrected chi connectivity index (χ0v) is 17.4. The molecule has 1 aromatic carbocycles. The molecule has 2 rings (SSSR count). The van der Waals surface area contributed by atoms with E-state index >= 15 is 0 Å². The molecule has 0 bridgehead atoms. The van der Waals surface area contributed by atoms with Gasteiger partial charge in [0.15, 0.2) is 0 Å². The van der Waals surface area contributed by atoms with E-state index in [-0.39, 0.29) is 23.5 Å². The van der Waals surface area contributed by atoms with Crippen molar-refractivity contribution in [3.63, 3.8) is 0 Å². The molecule has 0 aliphatic rings. The summed E-state index contributed by atoms with van der Waals surface area (Å²) in [5.41, 5.74) is 0.0655. The third-order valence-electron chi connectivity index (χ3n) is 4.89. The standard InChI is InChI=1S/C19H28N6O5/c1-21(17-14-18(27)23(3)19(28)22(17)2)10-11-24(12-13-26)9-8-20-15-4-6-16(7-5-15)25(29)30/h4-7,14,20,26H,8-13H2,1-3H3. The number of benzene rings is 1. The molecule has 164 valence electrons. The third kappa shape index (κ3) is 5.91. The summed E-state index contributed by atoms with van der Waals surface area (Å²) in [7, 11) is 4.86. The second kappa shape index (κ2) is 10.6. The maximum Gasteiger partial charge on any atom is 0.332 e. The predicted molar refractivity (Wildman–Crippen MR) is 115 cm³/mol. The number of nitro groups is 1. The van der Waals surface area contributed by atoms with Crippen LogP contribution in [0.15, 0.2) is 39.9 Å². The van der Waals surface area contributed by atoms with E-state index in [1.54, 1.807) is 26.2 Å². The van der Waals surface area contributed by atoms with Crippen LogP contribution in [-0.4, -0.2) is 70.4 Å². The molecular formula is C19H28N6O5. The van der Waals surface area contributed by atoms with Crippen molar-refractivity contribution >= 4 is 17.2 Å². The summed E-state index contributed by atoms with van der Waals surface area (Å²) in [5, 5.41) is 23.2. The van der Waals surface area contributed by atoms with Crippen molar-refractivity contribution in [1.82, 2.24) is 14.0 Å². The Morgan fingerprint density at radius 1 is 1.07 bits per heavy atom. The van der Waals surface area contributed by atoms with Crippen LogP contribution in [-0.2, 0) is 14.1 Å². The Balaban J connectivity index is 1.92. The van der Waals surface area contributed by atoms with Crippen molar-refractivity contribution in [3.8, 4) is 0 Å². The Morgan fingerprint density at radius 3 is 2.33 bits per heavy atom. The van der Waals surface area contributed by atoms with Gasteiger partial charge in [0, 0.05) is 77.8 Å².